The van der Waals surface area contributed by atoms with Crippen LogP contribution in [0.25, 0.3) is 98.0 Å². The second kappa shape index (κ2) is 12.6. The fourth-order valence-corrected chi connectivity index (χ4v) is 10.7. The first-order chi connectivity index (χ1) is 28.4. The van der Waals surface area contributed by atoms with Crippen LogP contribution in [-0.4, -0.2) is 23.4 Å². The SMILES string of the molecule is CC(C)(C)c1cc2ccc3ccc(-c4ccc5c(c4)C(CO)(CCCO)c4cc(-c6ccc7ccc8cc(C(C)(C)C)cc9ccc6c7c89)ccc4-5)c4ccc(c1)c2c34. The third-order valence-electron chi connectivity index (χ3n) is 13.9. The van der Waals surface area contributed by atoms with Crippen molar-refractivity contribution in [3.05, 3.63) is 156 Å². The second-order valence-electron chi connectivity index (χ2n) is 19.5. The van der Waals surface area contributed by atoms with E-state index in [4.69, 9.17) is 0 Å². The smallest absolute Gasteiger partial charge is 0.0569 e. The molecule has 290 valence electrons. The molecule has 2 N–H and O–H groups in total. The van der Waals surface area contributed by atoms with Gasteiger partial charge in [-0.2, -0.15) is 0 Å². The van der Waals surface area contributed by atoms with Crippen LogP contribution in [0, 0.1) is 0 Å². The maximum absolute atomic E-state index is 11.7. The fourth-order valence-electron chi connectivity index (χ4n) is 10.7. The monoisotopic (exact) mass is 766 g/mol. The molecule has 10 aromatic rings. The Labute approximate surface area is 346 Å². The topological polar surface area (TPSA) is 40.5 Å². The molecule has 0 spiro atoms. The first kappa shape index (κ1) is 36.3. The van der Waals surface area contributed by atoms with Crippen molar-refractivity contribution in [1.82, 2.24) is 0 Å². The van der Waals surface area contributed by atoms with Gasteiger partial charge in [-0.05, 0) is 156 Å². The fraction of sp³-hybridized carbons (Fsp3) is 0.228. The number of aliphatic hydroxyl groups is 2. The third kappa shape index (κ3) is 5.26. The van der Waals surface area contributed by atoms with Gasteiger partial charge in [0.25, 0.3) is 0 Å². The second-order valence-corrected chi connectivity index (χ2v) is 19.5. The summed E-state index contributed by atoms with van der Waals surface area (Å²) in [6.45, 7) is 13.7. The zero-order valence-electron chi connectivity index (χ0n) is 34.9. The van der Waals surface area contributed by atoms with Gasteiger partial charge in [0.15, 0.2) is 0 Å². The van der Waals surface area contributed by atoms with Crippen LogP contribution >= 0.6 is 0 Å². The van der Waals surface area contributed by atoms with E-state index in [1.54, 1.807) is 0 Å². The molecule has 0 heterocycles. The van der Waals surface area contributed by atoms with E-state index >= 15 is 0 Å². The minimum Gasteiger partial charge on any atom is -0.396 e. The van der Waals surface area contributed by atoms with Gasteiger partial charge < -0.3 is 10.2 Å². The highest BCUT2D eigenvalue weighted by Gasteiger charge is 2.43. The zero-order valence-corrected chi connectivity index (χ0v) is 34.9. The largest absolute Gasteiger partial charge is 0.396 e. The lowest BCUT2D eigenvalue weighted by atomic mass is 9.74. The normalized spacial score (nSPS) is 14.2. The summed E-state index contributed by atoms with van der Waals surface area (Å²) in [4.78, 5) is 0. The maximum atomic E-state index is 11.7. The third-order valence-corrected chi connectivity index (χ3v) is 13.9. The van der Waals surface area contributed by atoms with Crippen molar-refractivity contribution >= 4 is 64.6 Å². The van der Waals surface area contributed by atoms with E-state index in [-0.39, 0.29) is 24.0 Å². The lowest BCUT2D eigenvalue weighted by Gasteiger charge is -2.31. The van der Waals surface area contributed by atoms with Crippen LogP contribution in [0.15, 0.2) is 133 Å². The van der Waals surface area contributed by atoms with Crippen molar-refractivity contribution in [3.63, 3.8) is 0 Å². The van der Waals surface area contributed by atoms with Gasteiger partial charge >= 0.3 is 0 Å². The van der Waals surface area contributed by atoms with Crippen molar-refractivity contribution in [2.75, 3.05) is 13.2 Å². The number of aliphatic hydroxyl groups excluding tert-OH is 2. The van der Waals surface area contributed by atoms with Crippen LogP contribution < -0.4 is 0 Å². The summed E-state index contributed by atoms with van der Waals surface area (Å²) in [6.07, 6.45) is 1.24. The van der Waals surface area contributed by atoms with Gasteiger partial charge in [-0.15, -0.1) is 0 Å². The quantitative estimate of drug-likeness (QED) is 0.166. The Morgan fingerprint density at radius 1 is 0.407 bits per heavy atom. The molecule has 0 unspecified atom stereocenters. The minimum absolute atomic E-state index is 0.0386. The van der Waals surface area contributed by atoms with Crippen molar-refractivity contribution in [2.45, 2.75) is 70.6 Å². The average molecular weight is 767 g/mol. The molecule has 59 heavy (non-hydrogen) atoms. The molecule has 10 aromatic carbocycles. The molecule has 0 radical (unpaired) electrons. The maximum Gasteiger partial charge on any atom is 0.0569 e. The number of hydrogen-bond acceptors (Lipinski definition) is 2. The molecule has 11 rings (SSSR count). The Bertz CT molecular complexity index is 3060. The summed E-state index contributed by atoms with van der Waals surface area (Å²) >= 11 is 0. The predicted octanol–water partition coefficient (Wildman–Crippen LogP) is 14.4. The number of hydrogen-bond donors (Lipinski definition) is 2. The summed E-state index contributed by atoms with van der Waals surface area (Å²) in [6, 6.07) is 50.7. The number of rotatable bonds is 6. The van der Waals surface area contributed by atoms with Gasteiger partial charge in [0.05, 0.1) is 6.61 Å². The molecular formula is C57H50O2. The summed E-state index contributed by atoms with van der Waals surface area (Å²) < 4.78 is 0. The number of fused-ring (bicyclic) bond motifs is 3. The molecule has 0 bridgehead atoms. The highest BCUT2D eigenvalue weighted by molar-refractivity contribution is 6.27. The van der Waals surface area contributed by atoms with Crippen LogP contribution in [0.3, 0.4) is 0 Å². The average Bonchev–Trinajstić information content (AvgIpc) is 3.51. The summed E-state index contributed by atoms with van der Waals surface area (Å²) in [5.74, 6) is 0. The standard InChI is InChI=1S/C57H50O2/c1-55(2,3)41-26-37-10-8-33-12-18-43(47-22-16-39(28-41)51(37)53(33)47)35-14-20-45-46-21-15-36(31-50(46)57(32-59,24-7-25-58)49(45)30-35)44-19-13-34-9-11-38-27-42(56(4,5)6)29-40-17-23-48(44)54(34)52(38)40/h8-23,26-31,58-59H,7,24-25,32H2,1-6H3. The van der Waals surface area contributed by atoms with Crippen LogP contribution in [0.2, 0.25) is 0 Å². The van der Waals surface area contributed by atoms with Gasteiger partial charge in [0, 0.05) is 12.0 Å². The minimum atomic E-state index is -0.653. The molecule has 0 amide bonds. The first-order valence-electron chi connectivity index (χ1n) is 21.3. The Hall–Kier alpha value is -5.80. The van der Waals surface area contributed by atoms with Crippen LogP contribution in [0.4, 0.5) is 0 Å². The molecule has 1 aliphatic rings. The summed E-state index contributed by atoms with van der Waals surface area (Å²) in [5.41, 5.74) is 11.5. The first-order valence-corrected chi connectivity index (χ1v) is 21.3. The zero-order chi connectivity index (χ0) is 40.6. The van der Waals surface area contributed by atoms with Gasteiger partial charge in [0.2, 0.25) is 0 Å². The highest BCUT2D eigenvalue weighted by Crippen LogP contribution is 2.54. The molecule has 0 saturated carbocycles. The lowest BCUT2D eigenvalue weighted by molar-refractivity contribution is 0.197. The van der Waals surface area contributed by atoms with E-state index in [1.165, 1.54) is 98.0 Å². The van der Waals surface area contributed by atoms with E-state index in [1.807, 2.05) is 0 Å². The van der Waals surface area contributed by atoms with Crippen molar-refractivity contribution in [3.8, 4) is 33.4 Å². The molecule has 2 heteroatoms. The Morgan fingerprint density at radius 2 is 0.780 bits per heavy atom. The van der Waals surface area contributed by atoms with E-state index in [2.05, 4.69) is 175 Å². The lowest BCUT2D eigenvalue weighted by Crippen LogP contribution is -2.30. The number of benzene rings is 10. The van der Waals surface area contributed by atoms with E-state index in [0.717, 1.165) is 22.3 Å². The van der Waals surface area contributed by atoms with E-state index in [9.17, 15) is 10.2 Å². The highest BCUT2D eigenvalue weighted by atomic mass is 16.3. The molecule has 0 aliphatic heterocycles. The van der Waals surface area contributed by atoms with Gasteiger partial charge in [-0.1, -0.05) is 163 Å². The molecule has 0 atom stereocenters. The van der Waals surface area contributed by atoms with E-state index < -0.39 is 5.41 Å². The Balaban J connectivity index is 1.07. The van der Waals surface area contributed by atoms with Crippen LogP contribution in [-0.2, 0) is 16.2 Å². The van der Waals surface area contributed by atoms with Gasteiger partial charge in [-0.3, -0.25) is 0 Å². The molecule has 2 nitrogen and oxygen atoms in total. The van der Waals surface area contributed by atoms with Crippen molar-refractivity contribution in [1.29, 1.82) is 0 Å². The summed E-state index contributed by atoms with van der Waals surface area (Å²) in [7, 11) is 0. The Kier molecular flexibility index (Phi) is 7.75. The summed E-state index contributed by atoms with van der Waals surface area (Å²) in [5, 5.41) is 37.3. The molecular weight excluding hydrogens is 717 g/mol. The van der Waals surface area contributed by atoms with Gasteiger partial charge in [0.1, 0.15) is 0 Å². The predicted molar refractivity (Wildman–Crippen MR) is 252 cm³/mol. The van der Waals surface area contributed by atoms with Crippen molar-refractivity contribution in [2.24, 2.45) is 0 Å². The molecule has 0 aromatic heterocycles. The van der Waals surface area contributed by atoms with Crippen LogP contribution in [0.1, 0.15) is 76.6 Å². The van der Waals surface area contributed by atoms with E-state index in [0.29, 0.717) is 12.8 Å². The van der Waals surface area contributed by atoms with Gasteiger partial charge in [-0.25, -0.2) is 0 Å². The molecule has 1 aliphatic carbocycles. The van der Waals surface area contributed by atoms with Crippen molar-refractivity contribution < 1.29 is 10.2 Å². The van der Waals surface area contributed by atoms with Crippen LogP contribution in [0.5, 0.6) is 0 Å². The Morgan fingerprint density at radius 3 is 1.17 bits per heavy atom. The molecule has 0 saturated heterocycles. The molecule has 0 fully saturated rings.